The van der Waals surface area contributed by atoms with Gasteiger partial charge in [0.05, 0.1) is 11.7 Å². The molecule has 2 aromatic carbocycles. The maximum atomic E-state index is 14.2. The first-order valence-corrected chi connectivity index (χ1v) is 6.94. The highest BCUT2D eigenvalue weighted by Gasteiger charge is 2.18. The predicted molar refractivity (Wildman–Crippen MR) is 82.2 cm³/mol. The molecule has 0 heterocycles. The number of halogens is 2. The number of benzene rings is 2. The van der Waals surface area contributed by atoms with Gasteiger partial charge in [0.25, 0.3) is 0 Å². The first-order chi connectivity index (χ1) is 9.91. The summed E-state index contributed by atoms with van der Waals surface area (Å²) in [7, 11) is 1.75. The highest BCUT2D eigenvalue weighted by Crippen LogP contribution is 2.30. The van der Waals surface area contributed by atoms with Gasteiger partial charge in [-0.2, -0.15) is 0 Å². The summed E-state index contributed by atoms with van der Waals surface area (Å²) in [6.07, 6.45) is 0. The number of nitrogens with two attached hydrogens (primary N) is 1. The van der Waals surface area contributed by atoms with Gasteiger partial charge in [0.15, 0.2) is 0 Å². The third kappa shape index (κ3) is 3.22. The molecule has 0 fully saturated rings. The first-order valence-electron chi connectivity index (χ1n) is 6.94. The summed E-state index contributed by atoms with van der Waals surface area (Å²) in [5.41, 5.74) is 7.45. The Kier molecular flexibility index (Phi) is 4.58. The van der Waals surface area contributed by atoms with Gasteiger partial charge in [-0.25, -0.2) is 8.78 Å². The van der Waals surface area contributed by atoms with E-state index in [9.17, 15) is 8.78 Å². The van der Waals surface area contributed by atoms with Crippen molar-refractivity contribution < 1.29 is 8.78 Å². The molecule has 0 aliphatic carbocycles. The second kappa shape index (κ2) is 6.22. The molecule has 0 amide bonds. The molecular formula is C17H20F2N2. The topological polar surface area (TPSA) is 29.3 Å². The lowest BCUT2D eigenvalue weighted by molar-refractivity contribution is 0.574. The van der Waals surface area contributed by atoms with Crippen LogP contribution in [0.1, 0.15) is 37.1 Å². The summed E-state index contributed by atoms with van der Waals surface area (Å²) in [5.74, 6) is -0.639. The Bertz CT molecular complexity index is 626. The van der Waals surface area contributed by atoms with Crippen LogP contribution in [0.2, 0.25) is 0 Å². The summed E-state index contributed by atoms with van der Waals surface area (Å²) in [6.45, 7) is 3.65. The van der Waals surface area contributed by atoms with Crippen LogP contribution in [0.3, 0.4) is 0 Å². The van der Waals surface area contributed by atoms with Crippen LogP contribution in [0.15, 0.2) is 42.5 Å². The Morgan fingerprint density at radius 3 is 2.24 bits per heavy atom. The summed E-state index contributed by atoms with van der Waals surface area (Å²) in [4.78, 5) is 1.72. The van der Waals surface area contributed by atoms with Crippen molar-refractivity contribution in [3.05, 3.63) is 65.2 Å². The second-order valence-electron chi connectivity index (χ2n) is 5.31. The van der Waals surface area contributed by atoms with Crippen molar-refractivity contribution in [2.75, 3.05) is 11.9 Å². The van der Waals surface area contributed by atoms with Gasteiger partial charge in [-0.15, -0.1) is 0 Å². The lowest BCUT2D eigenvalue weighted by Gasteiger charge is -2.28. The van der Waals surface area contributed by atoms with Crippen molar-refractivity contribution in [1.29, 1.82) is 0 Å². The Hall–Kier alpha value is -1.94. The first kappa shape index (κ1) is 15.4. The van der Waals surface area contributed by atoms with Crippen LogP contribution in [-0.4, -0.2) is 7.05 Å². The highest BCUT2D eigenvalue weighted by molar-refractivity contribution is 5.51. The fraction of sp³-hybridized carbons (Fsp3) is 0.294. The Labute approximate surface area is 124 Å². The van der Waals surface area contributed by atoms with Gasteiger partial charge in [-0.3, -0.25) is 0 Å². The van der Waals surface area contributed by atoms with Gasteiger partial charge in [0.2, 0.25) is 0 Å². The SMILES string of the molecule is CC(N)c1ccc(N(C)C(C)c2ccccc2F)c(F)c1. The zero-order chi connectivity index (χ0) is 15.6. The number of nitrogens with zero attached hydrogens (tertiary/aromatic N) is 1. The summed E-state index contributed by atoms with van der Waals surface area (Å²) >= 11 is 0. The van der Waals surface area contributed by atoms with E-state index in [0.29, 0.717) is 11.3 Å². The largest absolute Gasteiger partial charge is 0.365 e. The molecule has 0 aliphatic rings. The van der Waals surface area contributed by atoms with Gasteiger partial charge >= 0.3 is 0 Å². The minimum atomic E-state index is -0.351. The molecule has 4 heteroatoms. The molecule has 112 valence electrons. The van der Waals surface area contributed by atoms with Crippen LogP contribution in [0.5, 0.6) is 0 Å². The van der Waals surface area contributed by atoms with Gasteiger partial charge < -0.3 is 10.6 Å². The van der Waals surface area contributed by atoms with E-state index in [1.165, 1.54) is 12.1 Å². The maximum Gasteiger partial charge on any atom is 0.146 e. The molecule has 2 aromatic rings. The average Bonchev–Trinajstić information content (AvgIpc) is 2.46. The zero-order valence-electron chi connectivity index (χ0n) is 12.5. The van der Waals surface area contributed by atoms with Crippen molar-refractivity contribution in [3.63, 3.8) is 0 Å². The fourth-order valence-electron chi connectivity index (χ4n) is 2.32. The molecule has 2 atom stereocenters. The van der Waals surface area contributed by atoms with E-state index in [4.69, 9.17) is 5.73 Å². The lowest BCUT2D eigenvalue weighted by atomic mass is 10.0. The molecule has 0 radical (unpaired) electrons. The van der Waals surface area contributed by atoms with Crippen molar-refractivity contribution in [1.82, 2.24) is 0 Å². The van der Waals surface area contributed by atoms with Gasteiger partial charge in [0, 0.05) is 18.7 Å². The minimum absolute atomic E-state index is 0.220. The van der Waals surface area contributed by atoms with Crippen LogP contribution >= 0.6 is 0 Å². The monoisotopic (exact) mass is 290 g/mol. The van der Waals surface area contributed by atoms with Crippen LogP contribution in [-0.2, 0) is 0 Å². The predicted octanol–water partition coefficient (Wildman–Crippen LogP) is 4.18. The molecule has 0 saturated heterocycles. The summed E-state index contributed by atoms with van der Waals surface area (Å²) < 4.78 is 28.1. The van der Waals surface area contributed by atoms with Crippen LogP contribution in [0, 0.1) is 11.6 Å². The zero-order valence-corrected chi connectivity index (χ0v) is 12.5. The average molecular weight is 290 g/mol. The van der Waals surface area contributed by atoms with E-state index in [1.54, 1.807) is 49.2 Å². The van der Waals surface area contributed by atoms with E-state index in [0.717, 1.165) is 5.56 Å². The lowest BCUT2D eigenvalue weighted by Crippen LogP contribution is -2.23. The smallest absolute Gasteiger partial charge is 0.146 e. The van der Waals surface area contributed by atoms with Crippen LogP contribution < -0.4 is 10.6 Å². The summed E-state index contributed by atoms with van der Waals surface area (Å²) in [6, 6.07) is 11.0. The molecule has 0 spiro atoms. The quantitative estimate of drug-likeness (QED) is 0.915. The van der Waals surface area contributed by atoms with Crippen molar-refractivity contribution in [2.24, 2.45) is 5.73 Å². The van der Waals surface area contributed by atoms with E-state index in [2.05, 4.69) is 0 Å². The van der Waals surface area contributed by atoms with Crippen molar-refractivity contribution >= 4 is 5.69 Å². The summed E-state index contributed by atoms with van der Waals surface area (Å²) in [5, 5.41) is 0. The number of rotatable bonds is 4. The van der Waals surface area contributed by atoms with Crippen molar-refractivity contribution in [2.45, 2.75) is 25.9 Å². The molecule has 2 rings (SSSR count). The normalized spacial score (nSPS) is 13.8. The van der Waals surface area contributed by atoms with E-state index in [1.807, 2.05) is 6.92 Å². The third-order valence-electron chi connectivity index (χ3n) is 3.81. The molecule has 0 bridgehead atoms. The number of hydrogen-bond donors (Lipinski definition) is 1. The maximum absolute atomic E-state index is 14.2. The second-order valence-corrected chi connectivity index (χ2v) is 5.31. The third-order valence-corrected chi connectivity index (χ3v) is 3.81. The standard InChI is InChI=1S/C17H20F2N2/c1-11(20)13-8-9-17(16(19)10-13)21(3)12(2)14-6-4-5-7-15(14)18/h4-12H,20H2,1-3H3. The fourth-order valence-corrected chi connectivity index (χ4v) is 2.32. The molecule has 0 aromatic heterocycles. The highest BCUT2D eigenvalue weighted by atomic mass is 19.1. The Balaban J connectivity index is 2.32. The molecule has 0 aliphatic heterocycles. The van der Waals surface area contributed by atoms with Crippen molar-refractivity contribution in [3.8, 4) is 0 Å². The van der Waals surface area contributed by atoms with Gasteiger partial charge in [-0.1, -0.05) is 24.3 Å². The van der Waals surface area contributed by atoms with E-state index in [-0.39, 0.29) is 23.7 Å². The number of anilines is 1. The molecule has 21 heavy (non-hydrogen) atoms. The van der Waals surface area contributed by atoms with Crippen LogP contribution in [0.25, 0.3) is 0 Å². The Morgan fingerprint density at radius 1 is 1.00 bits per heavy atom. The molecule has 2 nitrogen and oxygen atoms in total. The van der Waals surface area contributed by atoms with Crippen LogP contribution in [0.4, 0.5) is 14.5 Å². The van der Waals surface area contributed by atoms with Gasteiger partial charge in [0.1, 0.15) is 11.6 Å². The van der Waals surface area contributed by atoms with E-state index >= 15 is 0 Å². The molecular weight excluding hydrogens is 270 g/mol. The minimum Gasteiger partial charge on any atom is -0.365 e. The van der Waals surface area contributed by atoms with Gasteiger partial charge in [-0.05, 0) is 37.6 Å². The molecule has 0 saturated carbocycles. The molecule has 2 N–H and O–H groups in total. The molecule has 2 unspecified atom stereocenters. The van der Waals surface area contributed by atoms with E-state index < -0.39 is 0 Å². The Morgan fingerprint density at radius 2 is 1.67 bits per heavy atom. The number of hydrogen-bond acceptors (Lipinski definition) is 2.